The fourth-order valence-corrected chi connectivity index (χ4v) is 4.15. The first-order valence-corrected chi connectivity index (χ1v) is 16.9. The Balaban J connectivity index is -0.000000207. The summed E-state index contributed by atoms with van der Waals surface area (Å²) in [5.41, 5.74) is -6.55. The molecule has 0 atom stereocenters. The summed E-state index contributed by atoms with van der Waals surface area (Å²) in [7, 11) is 0. The van der Waals surface area contributed by atoms with E-state index >= 15 is 0 Å². The van der Waals surface area contributed by atoms with Gasteiger partial charge in [0.2, 0.25) is 25.2 Å². The first kappa shape index (κ1) is 69.9. The van der Waals surface area contributed by atoms with Crippen molar-refractivity contribution in [2.45, 2.75) is 171 Å². The minimum Gasteiger partial charge on any atom is -0.560 e. The molecule has 4 rings (SSSR count). The predicted octanol–water partition coefficient (Wildman–Crippen LogP) is 10.7. The van der Waals surface area contributed by atoms with E-state index in [2.05, 4.69) is 37.9 Å². The quantitative estimate of drug-likeness (QED) is 0.145. The maximum absolute atomic E-state index is 14.2. The van der Waals surface area contributed by atoms with Crippen LogP contribution in [0.1, 0.15) is 80.1 Å². The van der Waals surface area contributed by atoms with Crippen molar-refractivity contribution in [2.75, 3.05) is 0 Å². The van der Waals surface area contributed by atoms with Gasteiger partial charge in [-0.2, -0.15) is 35.1 Å². The van der Waals surface area contributed by atoms with E-state index < -0.39 is 122 Å². The van der Waals surface area contributed by atoms with E-state index in [-0.39, 0.29) is 26.1 Å². The molecular weight excluding hydrogens is 2500 g/mol. The maximum atomic E-state index is 14.2. The number of alkyl halides is 20. The van der Waals surface area contributed by atoms with Crippen LogP contribution >= 0.6 is 0 Å². The van der Waals surface area contributed by atoms with Crippen molar-refractivity contribution in [3.05, 3.63) is 13.2 Å². The second-order valence-corrected chi connectivity index (χ2v) is 12.5. The van der Waals surface area contributed by atoms with Crippen LogP contribution < -0.4 is 0 Å². The molecule has 0 saturated carbocycles. The second-order valence-electron chi connectivity index (χ2n) is 12.5. The van der Waals surface area contributed by atoms with Crippen LogP contribution in [-0.2, 0) is 37.9 Å². The summed E-state index contributed by atoms with van der Waals surface area (Å²) in [5.74, 6) is -21.7. The average Bonchev–Trinajstić information content (AvgIpc) is 3.09. The maximum Gasteiger partial charge on any atom is 0.422 e. The fraction of sp³-hybridized carbons (Fsp3) is 0.933. The summed E-state index contributed by atoms with van der Waals surface area (Å²) in [5, 5.41) is 15.4. The van der Waals surface area contributed by atoms with Gasteiger partial charge in [-0.25, -0.2) is 52.7 Å². The van der Waals surface area contributed by atoms with Crippen molar-refractivity contribution in [1.29, 1.82) is 0 Å². The Labute approximate surface area is 326 Å². The smallest absolute Gasteiger partial charge is 0.422 e. The molecule has 0 aromatic carbocycles. The molecule has 4 heterocycles. The van der Waals surface area contributed by atoms with Crippen molar-refractivity contribution < 1.29 is 136 Å². The summed E-state index contributed by atoms with van der Waals surface area (Å²) in [4.78, 5) is 0. The predicted molar refractivity (Wildman–Crippen MR) is 153 cm³/mol. The largest absolute Gasteiger partial charge is 0.560 e. The number of aliphatic hydroxyl groups excluding tert-OH is 2. The van der Waals surface area contributed by atoms with Gasteiger partial charge in [0, 0.05) is 25.7 Å². The van der Waals surface area contributed by atoms with Gasteiger partial charge in [-0.1, -0.05) is 41.5 Å². The Morgan fingerprint density at radius 2 is 0.515 bits per heavy atom. The van der Waals surface area contributed by atoms with Gasteiger partial charge in [0.25, 0.3) is 23.7 Å². The Bertz CT molecular complexity index is 1230. The van der Waals surface area contributed by atoms with Crippen LogP contribution in [0.4, 0.5) is 87.8 Å². The zero-order valence-corrected chi connectivity index (χ0v) is 74.1. The summed E-state index contributed by atoms with van der Waals surface area (Å²) in [6, 6.07) is 0. The van der Waals surface area contributed by atoms with Crippen molar-refractivity contribution in [1.82, 2.24) is 0 Å². The van der Waals surface area contributed by atoms with Crippen molar-refractivity contribution >= 4 is 0 Å². The SMILES string of the molecule is CCC(F)(F)C1OC(F)(F)C2(C(F)(F)O1)C(F)(F)OC(C(F)(F)CC)OC2(F)F.CCC(F)(F)C1OC2(O1)OC(C(F)(F)CC)O2.CCC(F)(F)[CH-]O.CCC(F)(F)[CH-]O.[Rf].[Rf].[Rf].[Rf].[Rf].[Rf]. The van der Waals surface area contributed by atoms with Crippen molar-refractivity contribution in [3.8, 4) is 0 Å². The van der Waals surface area contributed by atoms with E-state index in [0.29, 0.717) is 13.8 Å². The van der Waals surface area contributed by atoms with E-state index in [0.717, 1.165) is 0 Å². The third kappa shape index (κ3) is 12.7. The Kier molecular flexibility index (Phi) is 22.5. The Morgan fingerprint density at radius 3 is 0.636 bits per heavy atom. The molecule has 4 saturated heterocycles. The zero-order chi connectivity index (χ0) is 47.6. The number of aliphatic hydroxyl groups is 2. The van der Waals surface area contributed by atoms with Gasteiger partial charge >= 0.3 is 36.0 Å². The second kappa shape index (κ2) is 21.3. The van der Waals surface area contributed by atoms with Crippen molar-refractivity contribution in [2.24, 2.45) is 5.41 Å². The first-order valence-electron chi connectivity index (χ1n) is 16.9. The topological polar surface area (TPSA) is 114 Å². The van der Waals surface area contributed by atoms with Crippen LogP contribution in [0.2, 0.25) is 0 Å². The molecule has 4 fully saturated rings. The number of halogens is 20. The Hall–Kier alpha value is -7.80. The average molecular weight is 2540 g/mol. The normalized spacial score (nSPS) is 28.2. The van der Waals surface area contributed by atoms with Gasteiger partial charge in [-0.3, -0.25) is 37.9 Å². The van der Waals surface area contributed by atoms with Gasteiger partial charge in [0.05, 0.1) is 0 Å². The van der Waals surface area contributed by atoms with Crippen LogP contribution in [0.5, 0.6) is 0 Å². The standard InChI is InChI=1S/C13H12F12O4.C9H12F4O4.2C4H7F2O.6Rf/c1-3-7(14,15)5-26-10(18,19)9(11(20,21)27-5)12(22,23)28-6(8(16,17)4-2)29-13(9,24)25;1-3-7(10,11)5-14-9(15-5)16-6(17-9)8(12,13)4-2;2*1-2-4(5,6)3-7;;;;;;/h5-6H,3-4H2,1-2H3;5-6H,3-4H2,1-2H3;2*3,7H,2H2,1H3;;;;;;/q;;2*-1;;;;;;. The van der Waals surface area contributed by atoms with Gasteiger partial charge in [-0.15, -0.1) is 13.2 Å². The van der Waals surface area contributed by atoms with Crippen LogP contribution in [-0.4, -0.2) is 102 Å². The van der Waals surface area contributed by atoms with Gasteiger partial charge in [-0.05, 0) is 12.8 Å². The molecule has 36 heteroatoms. The monoisotopic (exact) mass is 2540 g/mol. The molecular formula is C30H38F20O10Rf6-2. The Morgan fingerprint density at radius 1 is 0.348 bits per heavy atom. The number of rotatable bonds is 12. The van der Waals surface area contributed by atoms with E-state index in [1.54, 1.807) is 0 Å². The fourth-order valence-electron chi connectivity index (χ4n) is 4.15. The molecule has 4 aliphatic heterocycles. The van der Waals surface area contributed by atoms with Crippen LogP contribution in [0.15, 0.2) is 0 Å². The molecule has 0 amide bonds. The molecule has 0 aromatic rings. The van der Waals surface area contributed by atoms with E-state index in [1.807, 2.05) is 0 Å². The summed E-state index contributed by atoms with van der Waals surface area (Å²) >= 11 is 0. The molecule has 0 bridgehead atoms. The summed E-state index contributed by atoms with van der Waals surface area (Å²) in [6.07, 6.45) is -44.4. The first-order chi connectivity index (χ1) is 26.7. The van der Waals surface area contributed by atoms with E-state index in [1.165, 1.54) is 27.7 Å². The van der Waals surface area contributed by atoms with Crippen molar-refractivity contribution in [3.63, 3.8) is 0 Å². The molecule has 0 unspecified atom stereocenters. The molecule has 0 aliphatic carbocycles. The minimum atomic E-state index is -6.55. The number of hydrogen-bond acceptors (Lipinski definition) is 10. The third-order valence-electron chi connectivity index (χ3n) is 8.36. The third-order valence-corrected chi connectivity index (χ3v) is 8.36. The van der Waals surface area contributed by atoms with Crippen LogP contribution in [0.25, 0.3) is 0 Å². The molecule has 372 valence electrons. The molecule has 10 nitrogen and oxygen atoms in total. The van der Waals surface area contributed by atoms with E-state index in [4.69, 9.17) is 10.2 Å². The molecule has 0 radical (unpaired) electrons. The number of hydrogen-bond donors (Lipinski definition) is 2. The van der Waals surface area contributed by atoms with Gasteiger partial charge in [0.15, 0.2) is 11.8 Å². The van der Waals surface area contributed by atoms with Crippen LogP contribution in [0, 0.1) is 18.6 Å². The molecule has 2 N–H and O–H groups in total. The van der Waals surface area contributed by atoms with E-state index in [9.17, 15) is 87.8 Å². The molecule has 0 aromatic heterocycles. The van der Waals surface area contributed by atoms with Gasteiger partial charge in [0.1, 0.15) is 0 Å². The summed E-state index contributed by atoms with van der Waals surface area (Å²) in [6.45, 7) is 6.05. The molecule has 2 spiro atoms. The zero-order valence-electron chi connectivity index (χ0n) is 35.7. The number of ether oxygens (including phenoxy) is 8. The molecule has 4 aliphatic rings. The van der Waals surface area contributed by atoms with Gasteiger partial charge < -0.3 is 10.2 Å². The summed E-state index contributed by atoms with van der Waals surface area (Å²) < 4.78 is 297. The molecule has 66 heavy (non-hydrogen) atoms. The van der Waals surface area contributed by atoms with Crippen LogP contribution in [0.3, 0.4) is 0 Å². The minimum absolute atomic E-state index is 0.